The zero-order valence-electron chi connectivity index (χ0n) is 23.5. The van der Waals surface area contributed by atoms with Gasteiger partial charge in [-0.1, -0.05) is 54.1 Å². The van der Waals surface area contributed by atoms with Crippen LogP contribution in [0.2, 0.25) is 5.02 Å². The zero-order valence-corrected chi connectivity index (χ0v) is 25.1. The van der Waals surface area contributed by atoms with Gasteiger partial charge in [-0.05, 0) is 80.1 Å². The van der Waals surface area contributed by atoms with Gasteiger partial charge < -0.3 is 20.9 Å². The minimum atomic E-state index is -0.473. The topological polar surface area (TPSA) is 103 Å². The van der Waals surface area contributed by atoms with E-state index in [1.807, 2.05) is 62.4 Å². The number of aromatic nitrogens is 1. The van der Waals surface area contributed by atoms with Gasteiger partial charge in [0.05, 0.1) is 5.25 Å². The van der Waals surface area contributed by atoms with Crippen molar-refractivity contribution in [2.24, 2.45) is 0 Å². The Hall–Kier alpha value is -4.79. The van der Waals surface area contributed by atoms with Crippen LogP contribution in [-0.4, -0.2) is 28.0 Å². The van der Waals surface area contributed by atoms with Crippen molar-refractivity contribution in [3.05, 3.63) is 131 Å². The fourth-order valence-electron chi connectivity index (χ4n) is 4.36. The van der Waals surface area contributed by atoms with E-state index >= 15 is 0 Å². The molecule has 0 aliphatic carbocycles. The summed E-state index contributed by atoms with van der Waals surface area (Å²) in [5, 5.41) is 9.72. The third-order valence-electron chi connectivity index (χ3n) is 6.77. The maximum Gasteiger partial charge on any atom is 0.272 e. The number of nitrogens with one attached hydrogen (secondary N) is 4. The van der Waals surface area contributed by atoms with Crippen LogP contribution in [0.4, 0.5) is 11.4 Å². The number of H-pyrrole nitrogens is 1. The molecule has 0 fully saturated rings. The molecule has 43 heavy (non-hydrogen) atoms. The summed E-state index contributed by atoms with van der Waals surface area (Å²) in [6, 6.07) is 29.0. The monoisotopic (exact) mass is 608 g/mol. The lowest BCUT2D eigenvalue weighted by molar-refractivity contribution is -0.115. The molecule has 1 atom stereocenters. The van der Waals surface area contributed by atoms with Crippen LogP contribution in [0.15, 0.2) is 114 Å². The predicted molar refractivity (Wildman–Crippen MR) is 175 cm³/mol. The number of hydrogen-bond donors (Lipinski definition) is 4. The molecule has 0 aliphatic rings. The van der Waals surface area contributed by atoms with Gasteiger partial charge in [0.25, 0.3) is 11.8 Å². The van der Waals surface area contributed by atoms with Crippen LogP contribution in [0.25, 0.3) is 17.0 Å². The number of hydrogen-bond acceptors (Lipinski definition) is 4. The molecular formula is C34H29ClN4O3S. The Morgan fingerprint density at radius 1 is 0.860 bits per heavy atom. The molecule has 0 bridgehead atoms. The Kier molecular flexibility index (Phi) is 9.29. The largest absolute Gasteiger partial charge is 0.361 e. The maximum atomic E-state index is 13.4. The van der Waals surface area contributed by atoms with Crippen LogP contribution in [0, 0.1) is 6.92 Å². The summed E-state index contributed by atoms with van der Waals surface area (Å²) in [6.07, 6.45) is 3.45. The van der Waals surface area contributed by atoms with Crippen LogP contribution in [0.3, 0.4) is 0 Å². The molecule has 0 saturated carbocycles. The Bertz CT molecular complexity index is 1820. The molecule has 1 aromatic heterocycles. The second-order valence-corrected chi connectivity index (χ2v) is 11.6. The molecule has 5 aromatic rings. The highest BCUT2D eigenvalue weighted by molar-refractivity contribution is 8.00. The van der Waals surface area contributed by atoms with Gasteiger partial charge in [0, 0.05) is 49.5 Å². The number of carbonyl (C=O) groups excluding carboxylic acids is 3. The summed E-state index contributed by atoms with van der Waals surface area (Å²) in [5.74, 6) is -1.01. The first-order valence-electron chi connectivity index (χ1n) is 13.6. The van der Waals surface area contributed by atoms with Crippen LogP contribution in [0.5, 0.6) is 0 Å². The van der Waals surface area contributed by atoms with E-state index in [4.69, 9.17) is 11.6 Å². The van der Waals surface area contributed by atoms with E-state index in [0.29, 0.717) is 22.0 Å². The molecule has 0 unspecified atom stereocenters. The van der Waals surface area contributed by atoms with Crippen molar-refractivity contribution in [3.8, 4) is 0 Å². The predicted octanol–water partition coefficient (Wildman–Crippen LogP) is 7.66. The number of anilines is 2. The van der Waals surface area contributed by atoms with Crippen molar-refractivity contribution in [2.75, 3.05) is 10.6 Å². The summed E-state index contributed by atoms with van der Waals surface area (Å²) in [4.78, 5) is 43.3. The average Bonchev–Trinajstić information content (AvgIpc) is 3.43. The van der Waals surface area contributed by atoms with Gasteiger partial charge in [0.1, 0.15) is 5.70 Å². The molecule has 0 saturated heterocycles. The van der Waals surface area contributed by atoms with Gasteiger partial charge in [-0.25, -0.2) is 0 Å². The molecule has 9 heteroatoms. The highest BCUT2D eigenvalue weighted by Gasteiger charge is 2.18. The molecular weight excluding hydrogens is 580 g/mol. The van der Waals surface area contributed by atoms with E-state index in [-0.39, 0.29) is 16.9 Å². The van der Waals surface area contributed by atoms with E-state index in [1.165, 1.54) is 11.8 Å². The van der Waals surface area contributed by atoms with E-state index in [0.717, 1.165) is 26.9 Å². The Morgan fingerprint density at radius 3 is 2.35 bits per heavy atom. The number of para-hydroxylation sites is 1. The normalized spacial score (nSPS) is 12.0. The molecule has 216 valence electrons. The lowest BCUT2D eigenvalue weighted by Crippen LogP contribution is -2.30. The number of rotatable bonds is 9. The van der Waals surface area contributed by atoms with E-state index in [2.05, 4.69) is 20.9 Å². The maximum absolute atomic E-state index is 13.4. The smallest absolute Gasteiger partial charge is 0.272 e. The highest BCUT2D eigenvalue weighted by Crippen LogP contribution is 2.28. The van der Waals surface area contributed by atoms with Crippen molar-refractivity contribution < 1.29 is 14.4 Å². The lowest BCUT2D eigenvalue weighted by atomic mass is 10.1. The van der Waals surface area contributed by atoms with Crippen LogP contribution in [-0.2, 0) is 9.59 Å². The summed E-state index contributed by atoms with van der Waals surface area (Å²) >= 11 is 7.57. The minimum absolute atomic E-state index is 0.0960. The summed E-state index contributed by atoms with van der Waals surface area (Å²) in [5.41, 5.74) is 4.25. The molecule has 1 heterocycles. The van der Waals surface area contributed by atoms with Gasteiger partial charge in [-0.3, -0.25) is 14.4 Å². The molecule has 7 nitrogen and oxygen atoms in total. The first-order valence-corrected chi connectivity index (χ1v) is 14.8. The summed E-state index contributed by atoms with van der Waals surface area (Å²) < 4.78 is 0. The van der Waals surface area contributed by atoms with Crippen molar-refractivity contribution in [2.45, 2.75) is 24.0 Å². The lowest BCUT2D eigenvalue weighted by Gasteiger charge is -2.15. The number of fused-ring (bicyclic) bond motifs is 1. The summed E-state index contributed by atoms with van der Waals surface area (Å²) in [6.45, 7) is 3.68. The fourth-order valence-corrected chi connectivity index (χ4v) is 5.40. The van der Waals surface area contributed by atoms with E-state index in [1.54, 1.807) is 60.8 Å². The van der Waals surface area contributed by atoms with Gasteiger partial charge in [-0.15, -0.1) is 11.8 Å². The number of benzene rings is 4. The molecule has 4 N–H and O–H groups in total. The third-order valence-corrected chi connectivity index (χ3v) is 8.29. The van der Waals surface area contributed by atoms with Gasteiger partial charge in [-0.2, -0.15) is 0 Å². The second kappa shape index (κ2) is 13.5. The average molecular weight is 609 g/mol. The highest BCUT2D eigenvalue weighted by atomic mass is 35.5. The van der Waals surface area contributed by atoms with Crippen molar-refractivity contribution in [1.29, 1.82) is 0 Å². The van der Waals surface area contributed by atoms with Gasteiger partial charge in [0.2, 0.25) is 5.91 Å². The standard InChI is InChI=1S/C34H29ClN4O3S/c1-21-28(35)12-8-14-29(21)38-32(40)22(2)43-26-17-15-25(16-18-26)37-34(42)31(39-33(41)23-9-4-3-5-10-23)19-24-20-36-30-13-7-6-11-27(24)30/h3-20,22,36H,1-2H3,(H,37,42)(H,38,40)(H,39,41)/b31-19-/t22-/m0/s1. The van der Waals surface area contributed by atoms with Crippen LogP contribution >= 0.6 is 23.4 Å². The second-order valence-electron chi connectivity index (χ2n) is 9.81. The van der Waals surface area contributed by atoms with Crippen LogP contribution in [0.1, 0.15) is 28.4 Å². The van der Waals surface area contributed by atoms with Crippen molar-refractivity contribution >= 4 is 69.4 Å². The molecule has 3 amide bonds. The molecule has 0 aliphatic heterocycles. The third kappa shape index (κ3) is 7.35. The zero-order chi connectivity index (χ0) is 30.3. The van der Waals surface area contributed by atoms with Crippen molar-refractivity contribution in [1.82, 2.24) is 10.3 Å². The number of aromatic amines is 1. The Morgan fingerprint density at radius 2 is 1.58 bits per heavy atom. The first kappa shape index (κ1) is 29.7. The number of halogens is 1. The SMILES string of the molecule is Cc1c(Cl)cccc1NC(=O)[C@H](C)Sc1ccc(NC(=O)/C(=C/c2c[nH]c3ccccc23)NC(=O)c2ccccc2)cc1. The number of amides is 3. The molecule has 5 rings (SSSR count). The van der Waals surface area contributed by atoms with Gasteiger partial charge >= 0.3 is 0 Å². The van der Waals surface area contributed by atoms with Crippen molar-refractivity contribution in [3.63, 3.8) is 0 Å². The molecule has 0 spiro atoms. The molecule has 0 radical (unpaired) electrons. The minimum Gasteiger partial charge on any atom is -0.361 e. The number of thioether (sulfide) groups is 1. The van der Waals surface area contributed by atoms with E-state index in [9.17, 15) is 14.4 Å². The summed E-state index contributed by atoms with van der Waals surface area (Å²) in [7, 11) is 0. The molecule has 4 aromatic carbocycles. The Balaban J connectivity index is 1.29. The Labute approximate surface area is 258 Å². The number of carbonyl (C=O) groups is 3. The van der Waals surface area contributed by atoms with E-state index < -0.39 is 11.8 Å². The van der Waals surface area contributed by atoms with Gasteiger partial charge in [0.15, 0.2) is 0 Å². The quantitative estimate of drug-likeness (QED) is 0.102. The fraction of sp³-hybridized carbons (Fsp3) is 0.0882. The first-order chi connectivity index (χ1) is 20.8. The van der Waals surface area contributed by atoms with Crippen LogP contribution < -0.4 is 16.0 Å².